The van der Waals surface area contributed by atoms with E-state index in [0.29, 0.717) is 12.5 Å². The van der Waals surface area contributed by atoms with Gasteiger partial charge in [-0.15, -0.1) is 0 Å². The Balaban J connectivity index is 1.74. The van der Waals surface area contributed by atoms with E-state index in [1.54, 1.807) is 7.11 Å². The molecule has 0 bridgehead atoms. The molecule has 0 aromatic heterocycles. The fraction of sp³-hybridized carbons (Fsp3) is 0.526. The van der Waals surface area contributed by atoms with Gasteiger partial charge in [0.1, 0.15) is 5.75 Å². The number of methoxy groups -OCH3 is 1. The van der Waals surface area contributed by atoms with Crippen LogP contribution in [0.3, 0.4) is 0 Å². The molecule has 1 amide bonds. The average Bonchev–Trinajstić information content (AvgIpc) is 2.61. The fourth-order valence-corrected chi connectivity index (χ4v) is 3.92. The van der Waals surface area contributed by atoms with Crippen molar-refractivity contribution >= 4 is 11.7 Å². The molecule has 24 heavy (non-hydrogen) atoms. The summed E-state index contributed by atoms with van der Waals surface area (Å²) in [5, 5.41) is 12.7. The Morgan fingerprint density at radius 3 is 2.75 bits per heavy atom. The molecular weight excluding hydrogens is 304 g/mol. The number of hydrogen-bond donors (Lipinski definition) is 1. The highest BCUT2D eigenvalue weighted by Crippen LogP contribution is 2.38. The molecule has 1 aliphatic carbocycles. The summed E-state index contributed by atoms with van der Waals surface area (Å²) in [6.07, 6.45) is 5.67. The number of carbonyl (C=O) groups is 1. The van der Waals surface area contributed by atoms with E-state index in [1.165, 1.54) is 21.7 Å². The first kappa shape index (κ1) is 16.8. The van der Waals surface area contributed by atoms with E-state index in [2.05, 4.69) is 18.2 Å². The highest BCUT2D eigenvalue weighted by molar-refractivity contribution is 5.73. The van der Waals surface area contributed by atoms with Crippen LogP contribution in [0, 0.1) is 5.92 Å². The Bertz CT molecular complexity index is 633. The van der Waals surface area contributed by atoms with Crippen molar-refractivity contribution in [1.29, 1.82) is 0 Å². The lowest BCUT2D eigenvalue weighted by molar-refractivity contribution is -0.0237. The van der Waals surface area contributed by atoms with Crippen molar-refractivity contribution in [2.24, 2.45) is 5.92 Å². The number of benzene rings is 1. The van der Waals surface area contributed by atoms with Gasteiger partial charge in [-0.2, -0.15) is 0 Å². The predicted octanol–water partition coefficient (Wildman–Crippen LogP) is 3.65. The van der Waals surface area contributed by atoms with E-state index in [0.717, 1.165) is 44.5 Å². The zero-order chi connectivity index (χ0) is 17.1. The van der Waals surface area contributed by atoms with Gasteiger partial charge < -0.3 is 9.84 Å². The van der Waals surface area contributed by atoms with Gasteiger partial charge in [-0.1, -0.05) is 12.1 Å². The number of carboxylic acid groups (broad SMARTS) is 1. The van der Waals surface area contributed by atoms with Gasteiger partial charge in [-0.25, -0.2) is 14.8 Å². The van der Waals surface area contributed by atoms with E-state index in [9.17, 15) is 9.90 Å². The van der Waals surface area contributed by atoms with Crippen molar-refractivity contribution in [3.05, 3.63) is 35.4 Å². The first-order valence-corrected chi connectivity index (χ1v) is 8.76. The van der Waals surface area contributed by atoms with Gasteiger partial charge in [0, 0.05) is 19.6 Å². The Morgan fingerprint density at radius 2 is 2.12 bits per heavy atom. The van der Waals surface area contributed by atoms with Crippen LogP contribution in [-0.4, -0.2) is 48.0 Å². The van der Waals surface area contributed by atoms with Gasteiger partial charge in [0.15, 0.2) is 0 Å². The summed E-state index contributed by atoms with van der Waals surface area (Å²) in [6, 6.07) is 6.37. The van der Waals surface area contributed by atoms with Crippen LogP contribution in [0.15, 0.2) is 24.3 Å². The molecule has 5 nitrogen and oxygen atoms in total. The first-order valence-electron chi connectivity index (χ1n) is 8.76. The van der Waals surface area contributed by atoms with Crippen LogP contribution < -0.4 is 4.74 Å². The maximum atomic E-state index is 11.3. The SMILES string of the molecule is CCN(C(=O)O)N1CCC(C2=CCCc3ccc(OC)cc32)CC1. The van der Waals surface area contributed by atoms with Crippen LogP contribution in [0.4, 0.5) is 4.79 Å². The highest BCUT2D eigenvalue weighted by Gasteiger charge is 2.29. The molecule has 1 aromatic rings. The first-order chi connectivity index (χ1) is 11.6. The van der Waals surface area contributed by atoms with E-state index < -0.39 is 6.09 Å². The van der Waals surface area contributed by atoms with Crippen LogP contribution in [0.5, 0.6) is 5.75 Å². The second kappa shape index (κ2) is 7.26. The summed E-state index contributed by atoms with van der Waals surface area (Å²) in [4.78, 5) is 11.3. The van der Waals surface area contributed by atoms with Crippen molar-refractivity contribution in [2.45, 2.75) is 32.6 Å². The van der Waals surface area contributed by atoms with Crippen LogP contribution in [0.1, 0.15) is 37.3 Å². The quantitative estimate of drug-likeness (QED) is 0.915. The minimum atomic E-state index is -0.858. The molecule has 3 rings (SSSR count). The number of ether oxygens (including phenoxy) is 1. The zero-order valence-electron chi connectivity index (χ0n) is 14.5. The molecule has 1 N–H and O–H groups in total. The number of rotatable bonds is 4. The molecule has 1 saturated heterocycles. The lowest BCUT2D eigenvalue weighted by Gasteiger charge is -2.39. The Morgan fingerprint density at radius 1 is 1.38 bits per heavy atom. The molecule has 1 heterocycles. The van der Waals surface area contributed by atoms with Gasteiger partial charge >= 0.3 is 6.09 Å². The highest BCUT2D eigenvalue weighted by atomic mass is 16.5. The summed E-state index contributed by atoms with van der Waals surface area (Å²) in [5.74, 6) is 1.40. The molecule has 0 spiro atoms. The van der Waals surface area contributed by atoms with Crippen LogP contribution >= 0.6 is 0 Å². The lowest BCUT2D eigenvalue weighted by Crippen LogP contribution is -2.49. The summed E-state index contributed by atoms with van der Waals surface area (Å²) in [7, 11) is 1.71. The number of piperidine rings is 1. The van der Waals surface area contributed by atoms with Crippen LogP contribution in [0.25, 0.3) is 5.57 Å². The average molecular weight is 330 g/mol. The van der Waals surface area contributed by atoms with Gasteiger partial charge in [0.2, 0.25) is 0 Å². The third-order valence-electron chi connectivity index (χ3n) is 5.18. The molecule has 0 unspecified atom stereocenters. The van der Waals surface area contributed by atoms with Gasteiger partial charge in [-0.3, -0.25) is 0 Å². The smallest absolute Gasteiger partial charge is 0.421 e. The minimum absolute atomic E-state index is 0.500. The molecule has 2 aliphatic rings. The summed E-state index contributed by atoms with van der Waals surface area (Å²) < 4.78 is 5.40. The van der Waals surface area contributed by atoms with E-state index >= 15 is 0 Å². The van der Waals surface area contributed by atoms with E-state index in [1.807, 2.05) is 18.0 Å². The summed E-state index contributed by atoms with van der Waals surface area (Å²) in [6.45, 7) is 3.97. The molecule has 0 saturated carbocycles. The number of hydrazine groups is 1. The molecule has 0 atom stereocenters. The van der Waals surface area contributed by atoms with Gasteiger partial charge in [0.25, 0.3) is 0 Å². The van der Waals surface area contributed by atoms with Crippen LogP contribution in [-0.2, 0) is 6.42 Å². The molecule has 0 radical (unpaired) electrons. The number of aryl methyl sites for hydroxylation is 1. The second-order valence-corrected chi connectivity index (χ2v) is 6.45. The Kier molecular flexibility index (Phi) is 5.09. The third-order valence-corrected chi connectivity index (χ3v) is 5.18. The van der Waals surface area contributed by atoms with Crippen molar-refractivity contribution < 1.29 is 14.6 Å². The molecule has 1 fully saturated rings. The van der Waals surface area contributed by atoms with Crippen LogP contribution in [0.2, 0.25) is 0 Å². The van der Waals surface area contributed by atoms with E-state index in [-0.39, 0.29) is 0 Å². The second-order valence-electron chi connectivity index (χ2n) is 6.45. The normalized spacial score (nSPS) is 18.7. The number of nitrogens with zero attached hydrogens (tertiary/aromatic N) is 2. The van der Waals surface area contributed by atoms with Gasteiger partial charge in [0.05, 0.1) is 7.11 Å². The largest absolute Gasteiger partial charge is 0.497 e. The van der Waals surface area contributed by atoms with Crippen molar-refractivity contribution in [3.8, 4) is 5.75 Å². The maximum Gasteiger partial charge on any atom is 0.421 e. The minimum Gasteiger partial charge on any atom is -0.497 e. The molecular formula is C19H26N2O3. The fourth-order valence-electron chi connectivity index (χ4n) is 3.92. The number of allylic oxidation sites excluding steroid dienone is 2. The molecule has 130 valence electrons. The maximum absolute atomic E-state index is 11.3. The lowest BCUT2D eigenvalue weighted by atomic mass is 9.79. The van der Waals surface area contributed by atoms with Crippen molar-refractivity contribution in [3.63, 3.8) is 0 Å². The Hall–Kier alpha value is -2.01. The monoisotopic (exact) mass is 330 g/mol. The van der Waals surface area contributed by atoms with Gasteiger partial charge in [-0.05, 0) is 67.4 Å². The number of hydrogen-bond acceptors (Lipinski definition) is 3. The number of amides is 1. The Labute approximate surface area is 143 Å². The summed E-state index contributed by atoms with van der Waals surface area (Å²) in [5.41, 5.74) is 4.15. The van der Waals surface area contributed by atoms with Crippen molar-refractivity contribution in [2.75, 3.05) is 26.7 Å². The van der Waals surface area contributed by atoms with Crippen molar-refractivity contribution in [1.82, 2.24) is 10.0 Å². The molecule has 1 aromatic carbocycles. The standard InChI is InChI=1S/C19H26N2O3/c1-3-21(19(22)23)20-11-9-15(10-12-20)17-6-4-5-14-7-8-16(24-2)13-18(14)17/h6-8,13,15H,3-5,9-12H2,1-2H3,(H,22,23). The summed E-state index contributed by atoms with van der Waals surface area (Å²) >= 11 is 0. The zero-order valence-corrected chi connectivity index (χ0v) is 14.5. The molecule has 1 aliphatic heterocycles. The third kappa shape index (κ3) is 3.26. The predicted molar refractivity (Wildman–Crippen MR) is 94.0 cm³/mol. The topological polar surface area (TPSA) is 53.0 Å². The van der Waals surface area contributed by atoms with E-state index in [4.69, 9.17) is 4.74 Å². The molecule has 5 heteroatoms. The number of fused-ring (bicyclic) bond motifs is 1.